The number of nitrogens with one attached hydrogen (secondary N) is 1. The lowest BCUT2D eigenvalue weighted by Gasteiger charge is -2.42. The number of carbonyl (C=O) groups excluding carboxylic acids is 2. The molecule has 32 heavy (non-hydrogen) atoms. The van der Waals surface area contributed by atoms with Crippen molar-refractivity contribution in [3.63, 3.8) is 0 Å². The largest absolute Gasteiger partial charge is 0.465 e. The number of nitrogens with zero attached hydrogens (tertiary/aromatic N) is 3. The summed E-state index contributed by atoms with van der Waals surface area (Å²) >= 11 is 6.08. The van der Waals surface area contributed by atoms with Crippen LogP contribution in [0.4, 0.5) is 0 Å². The van der Waals surface area contributed by atoms with Gasteiger partial charge in [-0.2, -0.15) is 5.26 Å². The third kappa shape index (κ3) is 3.65. The number of halogens is 1. The number of hydrogen-bond acceptors (Lipinski definition) is 7. The average molecular weight is 452 g/mol. The van der Waals surface area contributed by atoms with Gasteiger partial charge in [0.05, 0.1) is 28.8 Å². The molecule has 1 aliphatic heterocycles. The first-order valence-corrected chi connectivity index (χ1v) is 10.4. The minimum Gasteiger partial charge on any atom is -0.465 e. The molecule has 0 radical (unpaired) electrons. The predicted octanol–water partition coefficient (Wildman–Crippen LogP) is 3.72. The number of ketones is 1. The lowest BCUT2D eigenvalue weighted by atomic mass is 9.70. The second-order valence-electron chi connectivity index (χ2n) is 8.71. The van der Waals surface area contributed by atoms with Gasteiger partial charge in [0.25, 0.3) is 5.91 Å². The highest BCUT2D eigenvalue weighted by Crippen LogP contribution is 2.48. The molecule has 1 atom stereocenters. The molecule has 2 aromatic rings. The molecule has 0 bridgehead atoms. The van der Waals surface area contributed by atoms with Gasteiger partial charge < -0.3 is 10.2 Å². The number of Topliss-reactive ketones (excluding diaryl/α,β-unsaturated/α-hetero) is 1. The molecule has 0 saturated heterocycles. The zero-order valence-electron chi connectivity index (χ0n) is 17.9. The zero-order chi connectivity index (χ0) is 23.2. The molecular weight excluding hydrogens is 430 g/mol. The number of nitriles is 1. The van der Waals surface area contributed by atoms with Crippen LogP contribution >= 0.6 is 11.6 Å². The first-order chi connectivity index (χ1) is 15.1. The first-order valence-electron chi connectivity index (χ1n) is 10.1. The van der Waals surface area contributed by atoms with Crippen LogP contribution in [0.25, 0.3) is 0 Å². The Morgan fingerprint density at radius 2 is 2.12 bits per heavy atom. The van der Waals surface area contributed by atoms with Crippen LogP contribution in [-0.2, 0) is 4.79 Å². The van der Waals surface area contributed by atoms with E-state index in [4.69, 9.17) is 21.8 Å². The molecular formula is C23H22ClN5O3. The summed E-state index contributed by atoms with van der Waals surface area (Å²) in [5.41, 5.74) is 9.98. The van der Waals surface area contributed by atoms with E-state index >= 15 is 0 Å². The Hall–Kier alpha value is -3.57. The Morgan fingerprint density at radius 3 is 2.75 bits per heavy atom. The highest BCUT2D eigenvalue weighted by atomic mass is 35.5. The molecule has 1 aliphatic carbocycles. The summed E-state index contributed by atoms with van der Waals surface area (Å²) in [6, 6.07) is 8.75. The van der Waals surface area contributed by atoms with Gasteiger partial charge in [-0.3, -0.25) is 15.0 Å². The Balaban J connectivity index is 1.86. The average Bonchev–Trinajstić information content (AvgIpc) is 3.15. The van der Waals surface area contributed by atoms with Crippen LogP contribution < -0.4 is 11.2 Å². The van der Waals surface area contributed by atoms with E-state index in [1.807, 2.05) is 13.8 Å². The van der Waals surface area contributed by atoms with Crippen molar-refractivity contribution in [2.24, 2.45) is 11.1 Å². The van der Waals surface area contributed by atoms with Gasteiger partial charge in [0.2, 0.25) is 0 Å². The van der Waals surface area contributed by atoms with Crippen molar-refractivity contribution in [2.45, 2.75) is 39.5 Å². The summed E-state index contributed by atoms with van der Waals surface area (Å²) in [6.45, 7) is 5.73. The molecule has 2 aromatic heterocycles. The van der Waals surface area contributed by atoms with E-state index < -0.39 is 11.8 Å². The number of aryl methyl sites for hydroxylation is 1. The van der Waals surface area contributed by atoms with Crippen molar-refractivity contribution >= 4 is 23.3 Å². The molecule has 0 saturated carbocycles. The predicted molar refractivity (Wildman–Crippen MR) is 117 cm³/mol. The van der Waals surface area contributed by atoms with E-state index in [9.17, 15) is 14.9 Å². The lowest BCUT2D eigenvalue weighted by molar-refractivity contribution is -0.118. The first kappa shape index (κ1) is 21.7. The number of carbonyl (C=O) groups is 2. The molecule has 2 aliphatic rings. The molecule has 1 amide bonds. The quantitative estimate of drug-likeness (QED) is 0.681. The fourth-order valence-corrected chi connectivity index (χ4v) is 4.45. The van der Waals surface area contributed by atoms with E-state index in [0.29, 0.717) is 35.6 Å². The smallest absolute Gasteiger partial charge is 0.273 e. The van der Waals surface area contributed by atoms with Gasteiger partial charge in [0, 0.05) is 18.2 Å². The van der Waals surface area contributed by atoms with Gasteiger partial charge >= 0.3 is 0 Å². The Labute approximate surface area is 190 Å². The van der Waals surface area contributed by atoms with E-state index in [-0.39, 0.29) is 33.3 Å². The maximum atomic E-state index is 13.3. The molecule has 0 fully saturated rings. The van der Waals surface area contributed by atoms with Gasteiger partial charge in [-0.1, -0.05) is 25.4 Å². The normalized spacial score (nSPS) is 20.2. The molecule has 0 aromatic carbocycles. The van der Waals surface area contributed by atoms with Crippen LogP contribution in [-0.4, -0.2) is 21.7 Å². The number of aromatic nitrogens is 1. The number of allylic oxidation sites excluding steroid dienone is 3. The van der Waals surface area contributed by atoms with Crippen molar-refractivity contribution in [3.8, 4) is 6.07 Å². The number of hydrazine groups is 1. The highest BCUT2D eigenvalue weighted by Gasteiger charge is 2.46. The lowest BCUT2D eigenvalue weighted by Crippen LogP contribution is -2.49. The number of pyridine rings is 1. The van der Waals surface area contributed by atoms with E-state index in [2.05, 4.69) is 16.5 Å². The SMILES string of the molecule is Cc1ccc(C2C(C#N)=C(N)N(NC(=O)c3cccnc3Cl)C3=C2C(=O)CC(C)(C)C3)o1. The summed E-state index contributed by atoms with van der Waals surface area (Å²) in [6.07, 6.45) is 2.24. The third-order valence-electron chi connectivity index (χ3n) is 5.64. The highest BCUT2D eigenvalue weighted by molar-refractivity contribution is 6.32. The number of hydrogen-bond donors (Lipinski definition) is 2. The number of amides is 1. The fraction of sp³-hybridized carbons (Fsp3) is 0.304. The number of rotatable bonds is 3. The topological polar surface area (TPSA) is 125 Å². The number of furan rings is 1. The van der Waals surface area contributed by atoms with Crippen molar-refractivity contribution in [3.05, 3.63) is 75.4 Å². The standard InChI is InChI=1S/C23H22ClN5O3/c1-12-6-7-17(32-12)18-14(11-25)21(26)29(15-9-23(2,3)10-16(30)19(15)18)28-22(31)13-5-4-8-27-20(13)24/h4-8,18H,9-10,26H2,1-3H3,(H,28,31). The number of nitrogens with two attached hydrogens (primary N) is 1. The summed E-state index contributed by atoms with van der Waals surface area (Å²) in [5.74, 6) is -0.258. The fourth-order valence-electron chi connectivity index (χ4n) is 4.25. The van der Waals surface area contributed by atoms with Crippen LogP contribution in [0.1, 0.15) is 54.5 Å². The molecule has 8 nitrogen and oxygen atoms in total. The van der Waals surface area contributed by atoms with Gasteiger partial charge in [0.15, 0.2) is 5.78 Å². The minimum atomic E-state index is -0.734. The van der Waals surface area contributed by atoms with Crippen molar-refractivity contribution in [1.82, 2.24) is 15.4 Å². The zero-order valence-corrected chi connectivity index (χ0v) is 18.7. The molecule has 0 spiro atoms. The second-order valence-corrected chi connectivity index (χ2v) is 9.07. The van der Waals surface area contributed by atoms with Crippen molar-refractivity contribution in [1.29, 1.82) is 5.26 Å². The molecule has 164 valence electrons. The van der Waals surface area contributed by atoms with Gasteiger partial charge in [-0.25, -0.2) is 9.99 Å². The third-order valence-corrected chi connectivity index (χ3v) is 5.94. The second kappa shape index (κ2) is 7.84. The Kier molecular flexibility index (Phi) is 5.31. The van der Waals surface area contributed by atoms with E-state index in [0.717, 1.165) is 0 Å². The summed E-state index contributed by atoms with van der Waals surface area (Å²) in [7, 11) is 0. The monoisotopic (exact) mass is 451 g/mol. The molecule has 9 heteroatoms. The van der Waals surface area contributed by atoms with Gasteiger partial charge in [0.1, 0.15) is 22.5 Å². The maximum absolute atomic E-state index is 13.3. The molecule has 3 N–H and O–H groups in total. The van der Waals surface area contributed by atoms with Crippen LogP contribution in [0.2, 0.25) is 5.15 Å². The van der Waals surface area contributed by atoms with Crippen LogP contribution in [0.5, 0.6) is 0 Å². The Bertz CT molecular complexity index is 1230. The van der Waals surface area contributed by atoms with Crippen LogP contribution in [0.3, 0.4) is 0 Å². The van der Waals surface area contributed by atoms with E-state index in [1.54, 1.807) is 25.1 Å². The summed E-state index contributed by atoms with van der Waals surface area (Å²) in [4.78, 5) is 30.2. The molecule has 1 unspecified atom stereocenters. The van der Waals surface area contributed by atoms with E-state index in [1.165, 1.54) is 17.3 Å². The van der Waals surface area contributed by atoms with Crippen molar-refractivity contribution < 1.29 is 14.0 Å². The minimum absolute atomic E-state index is 0.0308. The summed E-state index contributed by atoms with van der Waals surface area (Å²) in [5, 5.41) is 11.3. The summed E-state index contributed by atoms with van der Waals surface area (Å²) < 4.78 is 5.80. The van der Waals surface area contributed by atoms with Crippen molar-refractivity contribution in [2.75, 3.05) is 0 Å². The van der Waals surface area contributed by atoms with Crippen LogP contribution in [0, 0.1) is 23.7 Å². The Morgan fingerprint density at radius 1 is 1.38 bits per heavy atom. The van der Waals surface area contributed by atoms with Gasteiger partial charge in [-0.05, 0) is 43.0 Å². The molecule has 4 rings (SSSR count). The van der Waals surface area contributed by atoms with Gasteiger partial charge in [-0.15, -0.1) is 0 Å². The molecule has 3 heterocycles. The maximum Gasteiger partial charge on any atom is 0.273 e. The van der Waals surface area contributed by atoms with Crippen LogP contribution in [0.15, 0.2) is 57.5 Å².